The molecule has 0 saturated carbocycles. The van der Waals surface area contributed by atoms with Crippen LogP contribution in [-0.2, 0) is 0 Å². The lowest BCUT2D eigenvalue weighted by atomic mass is 9.87. The summed E-state index contributed by atoms with van der Waals surface area (Å²) in [6.45, 7) is 0. The van der Waals surface area contributed by atoms with E-state index in [1.165, 1.54) is 44.5 Å². The molecule has 0 atom stereocenters. The topological polar surface area (TPSA) is 16.4 Å². The average Bonchev–Trinajstić information content (AvgIpc) is 3.81. The molecule has 0 spiro atoms. The molecule has 0 fully saturated rings. The Bertz CT molecular complexity index is 3700. The van der Waals surface area contributed by atoms with Crippen LogP contribution in [0, 0.1) is 0 Å². The van der Waals surface area contributed by atoms with Crippen molar-refractivity contribution in [2.24, 2.45) is 0 Å². The van der Waals surface area contributed by atoms with Gasteiger partial charge in [-0.2, -0.15) is 0 Å². The van der Waals surface area contributed by atoms with Crippen LogP contribution in [0.4, 0.5) is 17.1 Å². The fourth-order valence-corrected chi connectivity index (χ4v) is 9.80. The Labute approximate surface area is 397 Å². The Balaban J connectivity index is 1.01. The van der Waals surface area contributed by atoms with Crippen LogP contribution in [-0.4, -0.2) is 0 Å². The lowest BCUT2D eigenvalue weighted by Gasteiger charge is -2.29. The SMILES string of the molecule is c1ccc(-c2ccc(-c3ccc(N(c4cccc(-c5cccc6c5oc5ccccc56)c4)c4ccccc4-c4ccccc4-c4ccc(-c5ccccc5)cc4-c4ccccc4)cc3)cc2)cc1. The molecule has 12 aromatic rings. The predicted octanol–water partition coefficient (Wildman–Crippen LogP) is 18.7. The molecular formula is C66H45NO. The number of nitrogens with zero attached hydrogens (tertiary/aromatic N) is 1. The molecule has 11 aromatic carbocycles. The Hall–Kier alpha value is -8.98. The van der Waals surface area contributed by atoms with Crippen molar-refractivity contribution in [2.45, 2.75) is 0 Å². The van der Waals surface area contributed by atoms with Crippen molar-refractivity contribution in [3.63, 3.8) is 0 Å². The molecule has 0 bridgehead atoms. The van der Waals surface area contributed by atoms with Gasteiger partial charge in [-0.05, 0) is 109 Å². The predicted molar refractivity (Wildman–Crippen MR) is 286 cm³/mol. The van der Waals surface area contributed by atoms with Gasteiger partial charge in [0.15, 0.2) is 0 Å². The highest BCUT2D eigenvalue weighted by molar-refractivity contribution is 6.10. The number of hydrogen-bond acceptors (Lipinski definition) is 2. The molecule has 0 N–H and O–H groups in total. The van der Waals surface area contributed by atoms with Crippen molar-refractivity contribution in [1.82, 2.24) is 0 Å². The molecule has 2 nitrogen and oxygen atoms in total. The van der Waals surface area contributed by atoms with Gasteiger partial charge in [0.2, 0.25) is 0 Å². The van der Waals surface area contributed by atoms with E-state index in [4.69, 9.17) is 4.42 Å². The first-order valence-corrected chi connectivity index (χ1v) is 23.2. The van der Waals surface area contributed by atoms with E-state index in [1.54, 1.807) is 0 Å². The van der Waals surface area contributed by atoms with E-state index in [9.17, 15) is 0 Å². The number of para-hydroxylation sites is 3. The fraction of sp³-hybridized carbons (Fsp3) is 0. The number of fused-ring (bicyclic) bond motifs is 3. The number of anilines is 3. The van der Waals surface area contributed by atoms with E-state index in [0.29, 0.717) is 0 Å². The van der Waals surface area contributed by atoms with Crippen LogP contribution in [0.15, 0.2) is 277 Å². The van der Waals surface area contributed by atoms with Crippen molar-refractivity contribution >= 4 is 39.0 Å². The average molecular weight is 868 g/mol. The summed E-state index contributed by atoms with van der Waals surface area (Å²) in [6.07, 6.45) is 0. The van der Waals surface area contributed by atoms with Crippen molar-refractivity contribution in [3.05, 3.63) is 273 Å². The zero-order valence-electron chi connectivity index (χ0n) is 37.3. The van der Waals surface area contributed by atoms with E-state index < -0.39 is 0 Å². The van der Waals surface area contributed by atoms with Crippen molar-refractivity contribution < 1.29 is 4.42 Å². The summed E-state index contributed by atoms with van der Waals surface area (Å²) in [5.74, 6) is 0. The lowest BCUT2D eigenvalue weighted by molar-refractivity contribution is 0.670. The summed E-state index contributed by atoms with van der Waals surface area (Å²) >= 11 is 0. The Morgan fingerprint density at radius 2 is 0.691 bits per heavy atom. The highest BCUT2D eigenvalue weighted by atomic mass is 16.3. The first-order chi connectivity index (χ1) is 33.7. The van der Waals surface area contributed by atoms with Crippen LogP contribution in [0.3, 0.4) is 0 Å². The van der Waals surface area contributed by atoms with Gasteiger partial charge in [0.05, 0.1) is 5.69 Å². The minimum atomic E-state index is 0.889. The number of benzene rings is 11. The molecule has 0 aliphatic carbocycles. The summed E-state index contributed by atoms with van der Waals surface area (Å²) in [7, 11) is 0. The van der Waals surface area contributed by atoms with Crippen molar-refractivity contribution in [3.8, 4) is 77.9 Å². The molecule has 0 radical (unpaired) electrons. The van der Waals surface area contributed by atoms with Gasteiger partial charge in [-0.3, -0.25) is 0 Å². The van der Waals surface area contributed by atoms with E-state index in [2.05, 4.69) is 266 Å². The third-order valence-electron chi connectivity index (χ3n) is 13.1. The number of hydrogen-bond donors (Lipinski definition) is 0. The monoisotopic (exact) mass is 867 g/mol. The molecular weight excluding hydrogens is 823 g/mol. The first-order valence-electron chi connectivity index (χ1n) is 23.2. The molecule has 0 saturated heterocycles. The van der Waals surface area contributed by atoms with E-state index in [1.807, 2.05) is 12.1 Å². The van der Waals surface area contributed by atoms with Gasteiger partial charge in [0.25, 0.3) is 0 Å². The quantitative estimate of drug-likeness (QED) is 0.136. The Morgan fingerprint density at radius 1 is 0.235 bits per heavy atom. The summed E-state index contributed by atoms with van der Waals surface area (Å²) in [4.78, 5) is 2.41. The molecule has 1 heterocycles. The standard InChI is InChI=1S/C66H45NO/c1-4-18-46(19-5-1)48-34-36-49(37-35-48)50-38-41-54(42-39-50)67(55-25-16-24-53(44-55)56-30-17-31-62-61-29-13-15-33-65(61)68-66(56)62)64-32-14-12-28-60(64)58-27-11-10-26-57(58)59-43-40-52(47-20-6-2-7-21-47)45-63(59)51-22-8-3-9-23-51/h1-45H. The van der Waals surface area contributed by atoms with Crippen LogP contribution in [0.25, 0.3) is 99.8 Å². The van der Waals surface area contributed by atoms with Gasteiger partial charge in [-0.1, -0.05) is 231 Å². The van der Waals surface area contributed by atoms with Gasteiger partial charge in [0.1, 0.15) is 11.2 Å². The van der Waals surface area contributed by atoms with Gasteiger partial charge < -0.3 is 9.32 Å². The molecule has 0 amide bonds. The first kappa shape index (κ1) is 40.5. The van der Waals surface area contributed by atoms with Crippen LogP contribution in [0.5, 0.6) is 0 Å². The van der Waals surface area contributed by atoms with E-state index in [-0.39, 0.29) is 0 Å². The smallest absolute Gasteiger partial charge is 0.143 e. The molecule has 1 aromatic heterocycles. The molecule has 0 aliphatic rings. The van der Waals surface area contributed by atoms with Gasteiger partial charge in [-0.15, -0.1) is 0 Å². The second-order valence-corrected chi connectivity index (χ2v) is 17.2. The van der Waals surface area contributed by atoms with E-state index in [0.717, 1.165) is 72.4 Å². The lowest BCUT2D eigenvalue weighted by Crippen LogP contribution is -2.11. The van der Waals surface area contributed by atoms with Gasteiger partial charge in [-0.25, -0.2) is 0 Å². The second kappa shape index (κ2) is 17.8. The molecule has 2 heteroatoms. The van der Waals surface area contributed by atoms with Gasteiger partial charge >= 0.3 is 0 Å². The molecule has 0 aliphatic heterocycles. The van der Waals surface area contributed by atoms with Crippen LogP contribution in [0.1, 0.15) is 0 Å². The fourth-order valence-electron chi connectivity index (χ4n) is 9.80. The third-order valence-corrected chi connectivity index (χ3v) is 13.1. The largest absolute Gasteiger partial charge is 0.455 e. The molecule has 320 valence electrons. The summed E-state index contributed by atoms with van der Waals surface area (Å²) < 4.78 is 6.59. The maximum atomic E-state index is 6.59. The zero-order chi connectivity index (χ0) is 45.2. The maximum absolute atomic E-state index is 6.59. The number of rotatable bonds is 10. The summed E-state index contributed by atoms with van der Waals surface area (Å²) in [6, 6.07) is 98.1. The third kappa shape index (κ3) is 7.64. The molecule has 68 heavy (non-hydrogen) atoms. The zero-order valence-corrected chi connectivity index (χ0v) is 37.3. The van der Waals surface area contributed by atoms with Crippen LogP contribution in [0.2, 0.25) is 0 Å². The van der Waals surface area contributed by atoms with E-state index >= 15 is 0 Å². The maximum Gasteiger partial charge on any atom is 0.143 e. The Kier molecular flexibility index (Phi) is 10.6. The minimum Gasteiger partial charge on any atom is -0.455 e. The highest BCUT2D eigenvalue weighted by Gasteiger charge is 2.22. The van der Waals surface area contributed by atoms with Gasteiger partial charge in [0, 0.05) is 33.3 Å². The molecule has 12 rings (SSSR count). The van der Waals surface area contributed by atoms with Crippen LogP contribution >= 0.6 is 0 Å². The number of furan rings is 1. The minimum absolute atomic E-state index is 0.889. The van der Waals surface area contributed by atoms with Crippen molar-refractivity contribution in [2.75, 3.05) is 4.90 Å². The molecule has 0 unspecified atom stereocenters. The normalized spacial score (nSPS) is 11.2. The summed E-state index contributed by atoms with van der Waals surface area (Å²) in [5.41, 5.74) is 21.2. The van der Waals surface area contributed by atoms with Crippen molar-refractivity contribution in [1.29, 1.82) is 0 Å². The second-order valence-electron chi connectivity index (χ2n) is 17.2. The van der Waals surface area contributed by atoms with Crippen LogP contribution < -0.4 is 4.90 Å². The highest BCUT2D eigenvalue weighted by Crippen LogP contribution is 2.47. The summed E-state index contributed by atoms with van der Waals surface area (Å²) in [5, 5.41) is 2.23. The Morgan fingerprint density at radius 3 is 1.38 bits per heavy atom.